The Hall–Kier alpha value is -0.830. The maximum atomic E-state index is 13.1. The van der Waals surface area contributed by atoms with Crippen LogP contribution in [-0.2, 0) is 9.53 Å². The summed E-state index contributed by atoms with van der Waals surface area (Å²) in [4.78, 5) is 21.5. The van der Waals surface area contributed by atoms with Gasteiger partial charge >= 0.3 is 5.97 Å². The van der Waals surface area contributed by atoms with Crippen molar-refractivity contribution in [3.8, 4) is 0 Å². The standard InChI is InChI=1S/C20H34F2N4O2/c1-23-7-3-17(4-8-23)26-12-15(18(26)19(27)28-2)11-24-9-5-16(6-10-24)25-13-20(21,22)14-25/h15-18H,3-14H2,1-2H3. The van der Waals surface area contributed by atoms with Crippen LogP contribution in [0.15, 0.2) is 0 Å². The fourth-order valence-corrected chi connectivity index (χ4v) is 5.53. The average Bonchev–Trinajstić information content (AvgIpc) is 2.64. The van der Waals surface area contributed by atoms with Crippen molar-refractivity contribution in [2.24, 2.45) is 5.92 Å². The first-order chi connectivity index (χ1) is 13.4. The molecule has 0 aliphatic carbocycles. The third-order valence-corrected chi connectivity index (χ3v) is 7.28. The predicted molar refractivity (Wildman–Crippen MR) is 103 cm³/mol. The van der Waals surface area contributed by atoms with E-state index in [9.17, 15) is 13.6 Å². The summed E-state index contributed by atoms with van der Waals surface area (Å²) in [7, 11) is 3.64. The zero-order valence-corrected chi connectivity index (χ0v) is 17.2. The Morgan fingerprint density at radius 3 is 2.21 bits per heavy atom. The molecule has 0 radical (unpaired) electrons. The number of halogens is 2. The topological polar surface area (TPSA) is 39.3 Å². The smallest absolute Gasteiger partial charge is 0.323 e. The summed E-state index contributed by atoms with van der Waals surface area (Å²) < 4.78 is 31.3. The van der Waals surface area contributed by atoms with Crippen LogP contribution in [0, 0.1) is 5.92 Å². The Bertz CT molecular complexity index is 554. The highest BCUT2D eigenvalue weighted by Gasteiger charge is 2.49. The lowest BCUT2D eigenvalue weighted by Gasteiger charge is -2.53. The number of nitrogens with zero attached hydrogens (tertiary/aromatic N) is 4. The summed E-state index contributed by atoms with van der Waals surface area (Å²) in [6.45, 7) is 5.77. The minimum Gasteiger partial charge on any atom is -0.468 e. The molecule has 160 valence electrons. The van der Waals surface area contributed by atoms with E-state index >= 15 is 0 Å². The van der Waals surface area contributed by atoms with Gasteiger partial charge in [-0.2, -0.15) is 0 Å². The van der Waals surface area contributed by atoms with Gasteiger partial charge in [-0.25, -0.2) is 8.78 Å². The molecule has 0 N–H and O–H groups in total. The molecule has 0 aromatic heterocycles. The zero-order valence-electron chi connectivity index (χ0n) is 17.2. The molecular formula is C20H34F2N4O2. The highest BCUT2D eigenvalue weighted by molar-refractivity contribution is 5.77. The zero-order chi connectivity index (χ0) is 19.9. The molecule has 4 fully saturated rings. The number of hydrogen-bond donors (Lipinski definition) is 0. The lowest BCUT2D eigenvalue weighted by molar-refractivity contribution is -0.163. The highest BCUT2D eigenvalue weighted by Crippen LogP contribution is 2.35. The van der Waals surface area contributed by atoms with E-state index in [0.29, 0.717) is 18.0 Å². The second kappa shape index (κ2) is 8.13. The number of methoxy groups -OCH3 is 1. The first-order valence-corrected chi connectivity index (χ1v) is 10.7. The van der Waals surface area contributed by atoms with Crippen LogP contribution in [0.2, 0.25) is 0 Å². The summed E-state index contributed by atoms with van der Waals surface area (Å²) in [6.07, 6.45) is 4.12. The van der Waals surface area contributed by atoms with Crippen LogP contribution in [0.1, 0.15) is 25.7 Å². The van der Waals surface area contributed by atoms with Crippen LogP contribution in [0.4, 0.5) is 8.78 Å². The van der Waals surface area contributed by atoms with Crippen LogP contribution < -0.4 is 0 Å². The Morgan fingerprint density at radius 2 is 1.64 bits per heavy atom. The normalized spacial score (nSPS) is 34.0. The van der Waals surface area contributed by atoms with Gasteiger partial charge in [-0.3, -0.25) is 14.6 Å². The molecule has 2 unspecified atom stereocenters. The molecule has 0 saturated carbocycles. The van der Waals surface area contributed by atoms with Gasteiger partial charge < -0.3 is 14.5 Å². The van der Waals surface area contributed by atoms with E-state index in [0.717, 1.165) is 65.0 Å². The number of ether oxygens (including phenoxy) is 1. The summed E-state index contributed by atoms with van der Waals surface area (Å²) >= 11 is 0. The molecule has 0 amide bonds. The molecule has 4 saturated heterocycles. The van der Waals surface area contributed by atoms with Gasteiger partial charge in [0.2, 0.25) is 0 Å². The van der Waals surface area contributed by atoms with Crippen LogP contribution in [-0.4, -0.2) is 116 Å². The van der Waals surface area contributed by atoms with E-state index in [1.54, 1.807) is 0 Å². The number of carbonyl (C=O) groups is 1. The van der Waals surface area contributed by atoms with Gasteiger partial charge in [0.15, 0.2) is 0 Å². The van der Waals surface area contributed by atoms with Crippen molar-refractivity contribution in [2.45, 2.75) is 49.7 Å². The van der Waals surface area contributed by atoms with Gasteiger partial charge in [0.1, 0.15) is 6.04 Å². The van der Waals surface area contributed by atoms with E-state index in [1.165, 1.54) is 7.11 Å². The molecule has 0 spiro atoms. The second-order valence-electron chi connectivity index (χ2n) is 9.25. The Morgan fingerprint density at radius 1 is 1.04 bits per heavy atom. The lowest BCUT2D eigenvalue weighted by Crippen LogP contribution is -2.67. The largest absolute Gasteiger partial charge is 0.468 e. The molecule has 4 rings (SSSR count). The number of hydrogen-bond acceptors (Lipinski definition) is 6. The number of esters is 1. The summed E-state index contributed by atoms with van der Waals surface area (Å²) in [5.41, 5.74) is 0. The van der Waals surface area contributed by atoms with E-state index in [2.05, 4.69) is 21.7 Å². The fraction of sp³-hybridized carbons (Fsp3) is 0.950. The van der Waals surface area contributed by atoms with Crippen LogP contribution >= 0.6 is 0 Å². The molecule has 2 atom stereocenters. The summed E-state index contributed by atoms with van der Waals surface area (Å²) in [6, 6.07) is 0.657. The maximum Gasteiger partial charge on any atom is 0.323 e. The lowest BCUT2D eigenvalue weighted by atomic mass is 9.83. The number of rotatable bonds is 5. The third-order valence-electron chi connectivity index (χ3n) is 7.28. The molecule has 6 nitrogen and oxygen atoms in total. The SMILES string of the molecule is COC(=O)C1C(CN2CCC(N3CC(F)(F)C3)CC2)CN1C1CCN(C)CC1. The molecule has 4 aliphatic heterocycles. The van der Waals surface area contributed by atoms with Gasteiger partial charge in [-0.05, 0) is 58.9 Å². The number of alkyl halides is 2. The number of carbonyl (C=O) groups excluding carboxylic acids is 1. The molecular weight excluding hydrogens is 366 g/mol. The maximum absolute atomic E-state index is 13.1. The fourth-order valence-electron chi connectivity index (χ4n) is 5.53. The van der Waals surface area contributed by atoms with Crippen molar-refractivity contribution in [3.05, 3.63) is 0 Å². The van der Waals surface area contributed by atoms with Crippen molar-refractivity contribution in [2.75, 3.05) is 66.5 Å². The molecule has 0 aromatic rings. The average molecular weight is 401 g/mol. The monoisotopic (exact) mass is 400 g/mol. The van der Waals surface area contributed by atoms with Gasteiger partial charge in [0.05, 0.1) is 20.2 Å². The van der Waals surface area contributed by atoms with Crippen LogP contribution in [0.3, 0.4) is 0 Å². The molecule has 8 heteroatoms. The Labute approximate surface area is 166 Å². The van der Waals surface area contributed by atoms with E-state index in [1.807, 2.05) is 4.90 Å². The second-order valence-corrected chi connectivity index (χ2v) is 9.25. The van der Waals surface area contributed by atoms with E-state index < -0.39 is 5.92 Å². The van der Waals surface area contributed by atoms with Crippen molar-refractivity contribution >= 4 is 5.97 Å². The number of likely N-dealkylation sites (tertiary alicyclic amines) is 4. The molecule has 0 aromatic carbocycles. The van der Waals surface area contributed by atoms with Gasteiger partial charge in [-0.15, -0.1) is 0 Å². The van der Waals surface area contributed by atoms with E-state index in [-0.39, 0.29) is 25.1 Å². The third kappa shape index (κ3) is 4.20. The first-order valence-electron chi connectivity index (χ1n) is 10.7. The quantitative estimate of drug-likeness (QED) is 0.641. The molecule has 28 heavy (non-hydrogen) atoms. The van der Waals surface area contributed by atoms with Gasteiger partial charge in [0, 0.05) is 31.1 Å². The van der Waals surface area contributed by atoms with Gasteiger partial charge in [0.25, 0.3) is 5.92 Å². The molecule has 4 aliphatic rings. The van der Waals surface area contributed by atoms with Crippen molar-refractivity contribution in [1.82, 2.24) is 19.6 Å². The predicted octanol–water partition coefficient (Wildman–Crippen LogP) is 0.969. The number of piperidine rings is 2. The first kappa shape index (κ1) is 20.4. The Kier molecular flexibility index (Phi) is 5.93. The minimum absolute atomic E-state index is 0.0732. The van der Waals surface area contributed by atoms with Gasteiger partial charge in [-0.1, -0.05) is 0 Å². The van der Waals surface area contributed by atoms with Crippen molar-refractivity contribution in [1.29, 1.82) is 0 Å². The summed E-state index contributed by atoms with van der Waals surface area (Å²) in [5, 5.41) is 0. The minimum atomic E-state index is -2.48. The van der Waals surface area contributed by atoms with Crippen molar-refractivity contribution < 1.29 is 18.3 Å². The molecule has 0 bridgehead atoms. The van der Waals surface area contributed by atoms with Crippen LogP contribution in [0.25, 0.3) is 0 Å². The van der Waals surface area contributed by atoms with Crippen LogP contribution in [0.5, 0.6) is 0 Å². The van der Waals surface area contributed by atoms with E-state index in [4.69, 9.17) is 4.74 Å². The van der Waals surface area contributed by atoms with Crippen molar-refractivity contribution in [3.63, 3.8) is 0 Å². The summed E-state index contributed by atoms with van der Waals surface area (Å²) in [5.74, 6) is -2.27. The Balaban J connectivity index is 1.26. The molecule has 4 heterocycles. The highest BCUT2D eigenvalue weighted by atomic mass is 19.3.